The van der Waals surface area contributed by atoms with E-state index in [1.54, 1.807) is 0 Å². The van der Waals surface area contributed by atoms with Crippen molar-refractivity contribution in [1.29, 1.82) is 0 Å². The molecule has 1 rings (SSSR count). The van der Waals surface area contributed by atoms with Crippen LogP contribution in [0.25, 0.3) is 0 Å². The molecule has 1 aromatic heterocycles. The fraction of sp³-hybridized carbons (Fsp3) is 0.556. The topological polar surface area (TPSA) is 25.8 Å². The Labute approximate surface area is 80.2 Å². The predicted molar refractivity (Wildman–Crippen MR) is 45.6 cm³/mol. The van der Waals surface area contributed by atoms with Crippen molar-refractivity contribution in [3.05, 3.63) is 23.8 Å². The average Bonchev–Trinajstić information content (AvgIpc) is 2.14. The Morgan fingerprint density at radius 1 is 1.21 bits per heavy atom. The molecule has 0 spiro atoms. The summed E-state index contributed by atoms with van der Waals surface area (Å²) in [5.41, 5.74) is 0.750. The maximum Gasteiger partial charge on any atom is 0.451 e. The van der Waals surface area contributed by atoms with Crippen LogP contribution in [-0.2, 0) is 12.6 Å². The molecule has 14 heavy (non-hydrogen) atoms. The van der Waals surface area contributed by atoms with Gasteiger partial charge in [-0.25, -0.2) is 9.97 Å². The minimum atomic E-state index is -4.44. The summed E-state index contributed by atoms with van der Waals surface area (Å²) in [7, 11) is 0. The van der Waals surface area contributed by atoms with Crippen LogP contribution in [0.4, 0.5) is 13.2 Å². The lowest BCUT2D eigenvalue weighted by Crippen LogP contribution is -2.10. The van der Waals surface area contributed by atoms with Crippen LogP contribution in [0.2, 0.25) is 0 Å². The molecular weight excluding hydrogens is 193 g/mol. The molecule has 2 nitrogen and oxygen atoms in total. The molecule has 0 amide bonds. The quantitative estimate of drug-likeness (QED) is 0.756. The first-order valence-electron chi connectivity index (χ1n) is 4.42. The van der Waals surface area contributed by atoms with E-state index in [0.29, 0.717) is 0 Å². The van der Waals surface area contributed by atoms with Crippen molar-refractivity contribution in [2.24, 2.45) is 0 Å². The lowest BCUT2D eigenvalue weighted by Gasteiger charge is -2.04. The van der Waals surface area contributed by atoms with Crippen molar-refractivity contribution in [2.45, 2.75) is 32.4 Å². The van der Waals surface area contributed by atoms with E-state index >= 15 is 0 Å². The van der Waals surface area contributed by atoms with Gasteiger partial charge in [-0.1, -0.05) is 13.3 Å². The van der Waals surface area contributed by atoms with Crippen molar-refractivity contribution >= 4 is 0 Å². The summed E-state index contributed by atoms with van der Waals surface area (Å²) in [4.78, 5) is 6.53. The van der Waals surface area contributed by atoms with E-state index in [1.165, 1.54) is 12.4 Å². The smallest absolute Gasteiger partial charge is 0.233 e. The SMILES string of the molecule is CCCCc1cnc(C(F)(F)F)nc1. The highest BCUT2D eigenvalue weighted by atomic mass is 19.4. The lowest BCUT2D eigenvalue weighted by molar-refractivity contribution is -0.145. The van der Waals surface area contributed by atoms with Crippen molar-refractivity contribution < 1.29 is 13.2 Å². The number of aromatic nitrogens is 2. The van der Waals surface area contributed by atoms with Gasteiger partial charge in [-0.05, 0) is 18.4 Å². The number of alkyl halides is 3. The summed E-state index contributed by atoms with van der Waals surface area (Å²) in [5.74, 6) is -1.07. The molecule has 0 saturated carbocycles. The molecule has 0 aliphatic heterocycles. The largest absolute Gasteiger partial charge is 0.451 e. The number of halogens is 3. The van der Waals surface area contributed by atoms with E-state index in [9.17, 15) is 13.2 Å². The summed E-state index contributed by atoms with van der Waals surface area (Å²) in [5, 5.41) is 0. The number of rotatable bonds is 3. The van der Waals surface area contributed by atoms with E-state index in [1.807, 2.05) is 6.92 Å². The van der Waals surface area contributed by atoms with Crippen LogP contribution >= 0.6 is 0 Å². The van der Waals surface area contributed by atoms with Gasteiger partial charge < -0.3 is 0 Å². The van der Waals surface area contributed by atoms with Crippen LogP contribution in [0.15, 0.2) is 12.4 Å². The highest BCUT2D eigenvalue weighted by molar-refractivity contribution is 5.06. The summed E-state index contributed by atoms with van der Waals surface area (Å²) < 4.78 is 36.1. The minimum Gasteiger partial charge on any atom is -0.233 e. The summed E-state index contributed by atoms with van der Waals surface area (Å²) >= 11 is 0. The highest BCUT2D eigenvalue weighted by Crippen LogP contribution is 2.25. The second-order valence-electron chi connectivity index (χ2n) is 3.02. The summed E-state index contributed by atoms with van der Waals surface area (Å²) in [6, 6.07) is 0. The minimum absolute atomic E-state index is 0.731. The van der Waals surface area contributed by atoms with Crippen LogP contribution in [0, 0.1) is 0 Å². The van der Waals surface area contributed by atoms with Gasteiger partial charge in [0.2, 0.25) is 5.82 Å². The molecule has 5 heteroatoms. The monoisotopic (exact) mass is 204 g/mol. The third-order valence-electron chi connectivity index (χ3n) is 1.78. The summed E-state index contributed by atoms with van der Waals surface area (Å²) in [6.45, 7) is 2.02. The highest BCUT2D eigenvalue weighted by Gasteiger charge is 2.34. The van der Waals surface area contributed by atoms with Gasteiger partial charge in [0.25, 0.3) is 0 Å². The Bertz CT molecular complexity index is 279. The Kier molecular flexibility index (Phi) is 3.43. The molecule has 0 bridgehead atoms. The lowest BCUT2D eigenvalue weighted by atomic mass is 10.1. The second kappa shape index (κ2) is 4.39. The number of aryl methyl sites for hydroxylation is 1. The molecule has 0 aliphatic rings. The Balaban J connectivity index is 2.69. The maximum absolute atomic E-state index is 12.0. The zero-order chi connectivity index (χ0) is 10.6. The first-order chi connectivity index (χ1) is 6.54. The van der Waals surface area contributed by atoms with Gasteiger partial charge >= 0.3 is 6.18 Å². The average molecular weight is 204 g/mol. The van der Waals surface area contributed by atoms with Crippen LogP contribution in [0.3, 0.4) is 0 Å². The van der Waals surface area contributed by atoms with Gasteiger partial charge in [-0.3, -0.25) is 0 Å². The van der Waals surface area contributed by atoms with E-state index in [4.69, 9.17) is 0 Å². The zero-order valence-electron chi connectivity index (χ0n) is 7.80. The molecule has 1 heterocycles. The van der Waals surface area contributed by atoms with Crippen molar-refractivity contribution in [1.82, 2.24) is 9.97 Å². The normalized spacial score (nSPS) is 11.7. The number of hydrogen-bond acceptors (Lipinski definition) is 2. The fourth-order valence-electron chi connectivity index (χ4n) is 1.01. The molecule has 0 atom stereocenters. The van der Waals surface area contributed by atoms with Gasteiger partial charge in [0.05, 0.1) is 0 Å². The first kappa shape index (κ1) is 10.9. The van der Waals surface area contributed by atoms with Gasteiger partial charge in [0.15, 0.2) is 0 Å². The number of nitrogens with zero attached hydrogens (tertiary/aromatic N) is 2. The van der Waals surface area contributed by atoms with Gasteiger partial charge in [0, 0.05) is 12.4 Å². The molecule has 78 valence electrons. The van der Waals surface area contributed by atoms with E-state index in [2.05, 4.69) is 9.97 Å². The van der Waals surface area contributed by atoms with Gasteiger partial charge in [-0.15, -0.1) is 0 Å². The molecule has 0 radical (unpaired) electrons. The number of unbranched alkanes of at least 4 members (excludes halogenated alkanes) is 1. The Morgan fingerprint density at radius 2 is 1.79 bits per heavy atom. The van der Waals surface area contributed by atoms with E-state index < -0.39 is 12.0 Å². The molecule has 0 aliphatic carbocycles. The predicted octanol–water partition coefficient (Wildman–Crippen LogP) is 2.84. The maximum atomic E-state index is 12.0. The van der Waals surface area contributed by atoms with Crippen LogP contribution in [0.5, 0.6) is 0 Å². The molecule has 0 fully saturated rings. The van der Waals surface area contributed by atoms with Crippen LogP contribution < -0.4 is 0 Å². The Morgan fingerprint density at radius 3 is 2.21 bits per heavy atom. The zero-order valence-corrected chi connectivity index (χ0v) is 7.80. The van der Waals surface area contributed by atoms with Gasteiger partial charge in [0.1, 0.15) is 0 Å². The molecular formula is C9H11F3N2. The van der Waals surface area contributed by atoms with Crippen LogP contribution in [0.1, 0.15) is 31.2 Å². The molecule has 0 saturated heterocycles. The third-order valence-corrected chi connectivity index (χ3v) is 1.78. The van der Waals surface area contributed by atoms with E-state index in [-0.39, 0.29) is 0 Å². The summed E-state index contributed by atoms with van der Waals surface area (Å²) in [6.07, 6.45) is 0.713. The van der Waals surface area contributed by atoms with Gasteiger partial charge in [-0.2, -0.15) is 13.2 Å². The van der Waals surface area contributed by atoms with Crippen molar-refractivity contribution in [3.8, 4) is 0 Å². The fourth-order valence-corrected chi connectivity index (χ4v) is 1.01. The van der Waals surface area contributed by atoms with E-state index in [0.717, 1.165) is 24.8 Å². The van der Waals surface area contributed by atoms with Crippen molar-refractivity contribution in [2.75, 3.05) is 0 Å². The molecule has 0 aromatic carbocycles. The first-order valence-corrected chi connectivity index (χ1v) is 4.42. The second-order valence-corrected chi connectivity index (χ2v) is 3.02. The molecule has 0 unspecified atom stereocenters. The number of hydrogen-bond donors (Lipinski definition) is 0. The standard InChI is InChI=1S/C9H11F3N2/c1-2-3-4-7-5-13-8(14-6-7)9(10,11)12/h5-6H,2-4H2,1H3. The van der Waals surface area contributed by atoms with Crippen LogP contribution in [-0.4, -0.2) is 9.97 Å². The Hall–Kier alpha value is -1.13. The molecule has 1 aromatic rings. The van der Waals surface area contributed by atoms with Crippen molar-refractivity contribution in [3.63, 3.8) is 0 Å². The molecule has 0 N–H and O–H groups in total. The third kappa shape index (κ3) is 2.97.